The topological polar surface area (TPSA) is 72.4 Å². The first-order valence-electron chi connectivity index (χ1n) is 11.8. The first-order chi connectivity index (χ1) is 19.0. The van der Waals surface area contributed by atoms with E-state index >= 15 is 0 Å². The van der Waals surface area contributed by atoms with Crippen molar-refractivity contribution in [2.45, 2.75) is 24.5 Å². The van der Waals surface area contributed by atoms with Crippen LogP contribution < -0.4 is 9.04 Å². The maximum absolute atomic E-state index is 14.0. The highest BCUT2D eigenvalue weighted by Crippen LogP contribution is 2.38. The largest absolute Gasteiger partial charge is 0.497 e. The van der Waals surface area contributed by atoms with Gasteiger partial charge in [-0.05, 0) is 65.9 Å². The molecule has 0 unspecified atom stereocenters. The van der Waals surface area contributed by atoms with E-state index < -0.39 is 21.8 Å². The van der Waals surface area contributed by atoms with E-state index in [9.17, 15) is 21.6 Å². The third-order valence-corrected chi connectivity index (χ3v) is 9.67. The monoisotopic (exact) mass is 647 g/mol. The molecule has 0 amide bonds. The van der Waals surface area contributed by atoms with Gasteiger partial charge in [0, 0.05) is 33.2 Å². The fourth-order valence-electron chi connectivity index (χ4n) is 4.26. The lowest BCUT2D eigenvalue weighted by Crippen LogP contribution is -2.30. The minimum absolute atomic E-state index is 0.0463. The lowest BCUT2D eigenvalue weighted by atomic mass is 10.0. The molecular formula is C28H21BrF3N3O3S2. The van der Waals surface area contributed by atoms with Crippen LogP contribution in [0.5, 0.6) is 5.75 Å². The number of anilines is 1. The van der Waals surface area contributed by atoms with E-state index in [2.05, 4.69) is 25.9 Å². The molecule has 0 aliphatic rings. The Morgan fingerprint density at radius 1 is 1.00 bits per heavy atom. The fourth-order valence-corrected chi connectivity index (χ4v) is 7.13. The normalized spacial score (nSPS) is 12.1. The van der Waals surface area contributed by atoms with Gasteiger partial charge < -0.3 is 4.74 Å². The Morgan fingerprint density at radius 2 is 1.80 bits per heavy atom. The molecule has 2 aromatic heterocycles. The molecule has 12 heteroatoms. The number of pyridine rings is 1. The number of sulfonamides is 1. The van der Waals surface area contributed by atoms with Crippen molar-refractivity contribution in [1.29, 1.82) is 0 Å². The second-order valence-electron chi connectivity index (χ2n) is 8.85. The van der Waals surface area contributed by atoms with Crippen molar-refractivity contribution >= 4 is 53.2 Å². The van der Waals surface area contributed by atoms with Crippen LogP contribution in [0.1, 0.15) is 16.7 Å². The van der Waals surface area contributed by atoms with Crippen LogP contribution in [-0.2, 0) is 22.7 Å². The summed E-state index contributed by atoms with van der Waals surface area (Å²) in [6.07, 6.45) is -1.44. The van der Waals surface area contributed by atoms with Gasteiger partial charge in [-0.15, -0.1) is 11.3 Å². The molecule has 3 aromatic carbocycles. The molecule has 0 atom stereocenters. The van der Waals surface area contributed by atoms with Crippen LogP contribution in [0.25, 0.3) is 22.0 Å². The van der Waals surface area contributed by atoms with Crippen molar-refractivity contribution in [3.63, 3.8) is 0 Å². The minimum atomic E-state index is -4.48. The van der Waals surface area contributed by atoms with E-state index in [0.717, 1.165) is 23.3 Å². The van der Waals surface area contributed by atoms with Crippen molar-refractivity contribution in [2.24, 2.45) is 0 Å². The molecule has 206 valence electrons. The van der Waals surface area contributed by atoms with Crippen molar-refractivity contribution < 1.29 is 26.3 Å². The number of fused-ring (bicyclic) bond motifs is 1. The van der Waals surface area contributed by atoms with Gasteiger partial charge in [0.1, 0.15) is 5.75 Å². The Bertz CT molecular complexity index is 1810. The smallest absolute Gasteiger partial charge is 0.416 e. The highest BCUT2D eigenvalue weighted by atomic mass is 79.9. The highest BCUT2D eigenvalue weighted by Gasteiger charge is 2.31. The van der Waals surface area contributed by atoms with Crippen molar-refractivity contribution in [3.8, 4) is 17.0 Å². The maximum Gasteiger partial charge on any atom is 0.416 e. The molecule has 5 aromatic rings. The summed E-state index contributed by atoms with van der Waals surface area (Å²) < 4.78 is 74.2. The van der Waals surface area contributed by atoms with Gasteiger partial charge >= 0.3 is 6.18 Å². The lowest BCUT2D eigenvalue weighted by Gasteiger charge is -2.23. The van der Waals surface area contributed by atoms with Gasteiger partial charge in [-0.3, -0.25) is 4.98 Å². The van der Waals surface area contributed by atoms with E-state index in [1.165, 1.54) is 40.0 Å². The Hall–Kier alpha value is -3.48. The Balaban J connectivity index is 1.56. The number of methoxy groups -OCH3 is 1. The van der Waals surface area contributed by atoms with Gasteiger partial charge in [0.15, 0.2) is 5.13 Å². The molecule has 0 radical (unpaired) electrons. The zero-order valence-corrected chi connectivity index (χ0v) is 24.3. The fraction of sp³-hybridized carbons (Fsp3) is 0.143. The third-order valence-electron chi connectivity index (χ3n) is 6.37. The molecule has 2 heterocycles. The number of ether oxygens (including phenoxy) is 1. The number of hydrogen-bond acceptors (Lipinski definition) is 6. The standard InChI is InChI=1S/C28H21BrF3N3O3S2/c1-17-13-21(38-2)5-3-19(17)16-35(27-34-11-12-39-27)40(36,37)22-6-8-23-18(14-22)9-10-33-26(23)24-7-4-20(15-25(24)29)28(30,31)32/h3-15H,16H2,1-2H3. The number of aromatic nitrogens is 2. The molecule has 40 heavy (non-hydrogen) atoms. The van der Waals surface area contributed by atoms with Crippen LogP contribution >= 0.6 is 27.3 Å². The van der Waals surface area contributed by atoms with Crippen LogP contribution in [-0.4, -0.2) is 25.5 Å². The number of thiazole rings is 1. The maximum atomic E-state index is 14.0. The molecule has 0 aliphatic heterocycles. The van der Waals surface area contributed by atoms with E-state index in [0.29, 0.717) is 32.9 Å². The Morgan fingerprint density at radius 3 is 2.45 bits per heavy atom. The van der Waals surface area contributed by atoms with Crippen molar-refractivity contribution in [3.05, 3.63) is 99.6 Å². The number of alkyl halides is 3. The molecule has 0 fully saturated rings. The number of aryl methyl sites for hydroxylation is 1. The number of hydrogen-bond donors (Lipinski definition) is 0. The highest BCUT2D eigenvalue weighted by molar-refractivity contribution is 9.10. The lowest BCUT2D eigenvalue weighted by molar-refractivity contribution is -0.137. The second-order valence-corrected chi connectivity index (χ2v) is 12.4. The molecule has 6 nitrogen and oxygen atoms in total. The Kier molecular flexibility index (Phi) is 7.60. The molecule has 5 rings (SSSR count). The second kappa shape index (κ2) is 10.8. The van der Waals surface area contributed by atoms with Crippen LogP contribution in [0.3, 0.4) is 0 Å². The zero-order valence-electron chi connectivity index (χ0n) is 21.1. The first-order valence-corrected chi connectivity index (χ1v) is 14.9. The molecule has 0 saturated carbocycles. The van der Waals surface area contributed by atoms with Crippen LogP contribution in [0.15, 0.2) is 87.8 Å². The molecular weight excluding hydrogens is 627 g/mol. The van der Waals surface area contributed by atoms with E-state index in [4.69, 9.17) is 4.74 Å². The molecule has 0 aliphatic carbocycles. The van der Waals surface area contributed by atoms with Gasteiger partial charge in [0.25, 0.3) is 10.0 Å². The van der Waals surface area contributed by atoms with Gasteiger partial charge in [-0.2, -0.15) is 13.2 Å². The summed E-state index contributed by atoms with van der Waals surface area (Å²) in [4.78, 5) is 8.70. The average molecular weight is 649 g/mol. The number of nitrogens with zero attached hydrogens (tertiary/aromatic N) is 3. The minimum Gasteiger partial charge on any atom is -0.497 e. The number of benzene rings is 3. The quantitative estimate of drug-likeness (QED) is 0.180. The average Bonchev–Trinajstić information content (AvgIpc) is 3.45. The van der Waals surface area contributed by atoms with E-state index in [-0.39, 0.29) is 15.9 Å². The van der Waals surface area contributed by atoms with Gasteiger partial charge in [0.05, 0.1) is 29.8 Å². The van der Waals surface area contributed by atoms with E-state index in [1.54, 1.807) is 36.9 Å². The molecule has 0 bridgehead atoms. The molecule has 0 N–H and O–H groups in total. The predicted octanol–water partition coefficient (Wildman–Crippen LogP) is 7.85. The van der Waals surface area contributed by atoms with Crippen LogP contribution in [0, 0.1) is 6.92 Å². The summed E-state index contributed by atoms with van der Waals surface area (Å²) in [5, 5.41) is 3.18. The summed E-state index contributed by atoms with van der Waals surface area (Å²) in [7, 11) is -2.49. The predicted molar refractivity (Wildman–Crippen MR) is 153 cm³/mol. The van der Waals surface area contributed by atoms with Crippen molar-refractivity contribution in [2.75, 3.05) is 11.4 Å². The van der Waals surface area contributed by atoms with Gasteiger partial charge in [-0.25, -0.2) is 17.7 Å². The molecule has 0 saturated heterocycles. The van der Waals surface area contributed by atoms with Gasteiger partial charge in [0.2, 0.25) is 0 Å². The van der Waals surface area contributed by atoms with Crippen LogP contribution in [0.2, 0.25) is 0 Å². The molecule has 0 spiro atoms. The zero-order chi connectivity index (χ0) is 28.7. The summed E-state index contributed by atoms with van der Waals surface area (Å²) in [5.74, 6) is 0.670. The third kappa shape index (κ3) is 5.43. The summed E-state index contributed by atoms with van der Waals surface area (Å²) in [6.45, 7) is 1.94. The summed E-state index contributed by atoms with van der Waals surface area (Å²) in [5.41, 5.74) is 1.75. The van der Waals surface area contributed by atoms with E-state index in [1.807, 2.05) is 19.1 Å². The van der Waals surface area contributed by atoms with Crippen molar-refractivity contribution in [1.82, 2.24) is 9.97 Å². The Labute approximate surface area is 241 Å². The number of rotatable bonds is 7. The summed E-state index contributed by atoms with van der Waals surface area (Å²) >= 11 is 4.45. The van der Waals surface area contributed by atoms with Crippen LogP contribution in [0.4, 0.5) is 18.3 Å². The SMILES string of the molecule is COc1ccc(CN(c2nccs2)S(=O)(=O)c2ccc3c(-c4ccc(C(F)(F)F)cc4Br)nccc3c2)c(C)c1. The summed E-state index contributed by atoms with van der Waals surface area (Å²) in [6, 6.07) is 15.1. The number of halogens is 4. The first kappa shape index (κ1) is 28.1. The van der Waals surface area contributed by atoms with Gasteiger partial charge in [-0.1, -0.05) is 34.1 Å².